The number of hydrogen-bond acceptors (Lipinski definition) is 3. The minimum atomic E-state index is 0.706. The summed E-state index contributed by atoms with van der Waals surface area (Å²) in [7, 11) is 2.21. The van der Waals surface area contributed by atoms with E-state index in [0.29, 0.717) is 5.92 Å². The van der Waals surface area contributed by atoms with Gasteiger partial charge in [0.25, 0.3) is 0 Å². The number of hydrogen-bond donors (Lipinski definition) is 0. The van der Waals surface area contributed by atoms with E-state index < -0.39 is 0 Å². The van der Waals surface area contributed by atoms with Gasteiger partial charge in [-0.2, -0.15) is 5.10 Å². The highest BCUT2D eigenvalue weighted by atomic mass is 15.2. The van der Waals surface area contributed by atoms with E-state index in [-0.39, 0.29) is 0 Å². The normalized spacial score (nSPS) is 17.1. The second-order valence-corrected chi connectivity index (χ2v) is 6.18. The smallest absolute Gasteiger partial charge is 0.154 e. The summed E-state index contributed by atoms with van der Waals surface area (Å²) in [5.41, 5.74) is 4.64. The summed E-state index contributed by atoms with van der Waals surface area (Å²) in [6, 6.07) is 10.9. The van der Waals surface area contributed by atoms with Gasteiger partial charge in [0.2, 0.25) is 0 Å². The molecule has 0 radical (unpaired) electrons. The van der Waals surface area contributed by atoms with Gasteiger partial charge >= 0.3 is 0 Å². The van der Waals surface area contributed by atoms with Gasteiger partial charge in [-0.3, -0.25) is 0 Å². The number of benzene rings is 1. The largest absolute Gasteiger partial charge is 0.306 e. The Morgan fingerprint density at radius 1 is 1.00 bits per heavy atom. The quantitative estimate of drug-likeness (QED) is 0.727. The van der Waals surface area contributed by atoms with Gasteiger partial charge < -0.3 is 4.90 Å². The van der Waals surface area contributed by atoms with Crippen molar-refractivity contribution in [3.63, 3.8) is 0 Å². The van der Waals surface area contributed by atoms with Crippen molar-refractivity contribution in [2.24, 2.45) is 0 Å². The molecule has 1 saturated heterocycles. The van der Waals surface area contributed by atoms with Crippen LogP contribution < -0.4 is 0 Å². The molecule has 1 aliphatic heterocycles. The first-order valence-corrected chi connectivity index (χ1v) is 7.88. The minimum Gasteiger partial charge on any atom is -0.306 e. The molecule has 0 unspecified atom stereocenters. The van der Waals surface area contributed by atoms with E-state index in [9.17, 15) is 0 Å². The summed E-state index contributed by atoms with van der Waals surface area (Å²) < 4.78 is 1.82. The van der Waals surface area contributed by atoms with E-state index in [1.807, 2.05) is 23.0 Å². The van der Waals surface area contributed by atoms with E-state index >= 15 is 0 Å². The Morgan fingerprint density at radius 2 is 1.77 bits per heavy atom. The van der Waals surface area contributed by atoms with Crippen LogP contribution in [0.2, 0.25) is 0 Å². The fraction of sp³-hybridized carbons (Fsp3) is 0.333. The van der Waals surface area contributed by atoms with Gasteiger partial charge in [-0.25, -0.2) is 9.50 Å². The van der Waals surface area contributed by atoms with E-state index in [4.69, 9.17) is 0 Å². The molecule has 112 valence electrons. The maximum absolute atomic E-state index is 4.43. The van der Waals surface area contributed by atoms with Gasteiger partial charge in [0.1, 0.15) is 0 Å². The van der Waals surface area contributed by atoms with Crippen molar-refractivity contribution in [2.45, 2.75) is 18.8 Å². The second kappa shape index (κ2) is 5.54. The third-order valence-electron chi connectivity index (χ3n) is 4.68. The molecule has 0 aliphatic carbocycles. The first kappa shape index (κ1) is 13.5. The van der Waals surface area contributed by atoms with E-state index in [1.54, 1.807) is 6.20 Å². The van der Waals surface area contributed by atoms with Crippen molar-refractivity contribution in [1.29, 1.82) is 0 Å². The summed E-state index contributed by atoms with van der Waals surface area (Å²) in [6.07, 6.45) is 8.25. The van der Waals surface area contributed by atoms with Crippen LogP contribution in [0.15, 0.2) is 48.9 Å². The molecule has 4 nitrogen and oxygen atoms in total. The van der Waals surface area contributed by atoms with E-state index in [2.05, 4.69) is 46.3 Å². The Balaban J connectivity index is 1.58. The maximum atomic E-state index is 4.43. The van der Waals surface area contributed by atoms with Crippen LogP contribution in [0.4, 0.5) is 0 Å². The summed E-state index contributed by atoms with van der Waals surface area (Å²) in [5.74, 6) is 0.706. The number of rotatable bonds is 2. The molecule has 3 heterocycles. The van der Waals surface area contributed by atoms with Crippen LogP contribution in [0.3, 0.4) is 0 Å². The van der Waals surface area contributed by atoms with E-state index in [1.165, 1.54) is 37.1 Å². The lowest BCUT2D eigenvalue weighted by atomic mass is 9.89. The van der Waals surface area contributed by atoms with Crippen LogP contribution in [0.1, 0.15) is 24.3 Å². The number of likely N-dealkylation sites (tertiary alicyclic amines) is 1. The van der Waals surface area contributed by atoms with Crippen LogP contribution in [0.25, 0.3) is 16.8 Å². The van der Waals surface area contributed by atoms with Gasteiger partial charge in [0.15, 0.2) is 5.65 Å². The highest BCUT2D eigenvalue weighted by Gasteiger charge is 2.18. The molecule has 1 fully saturated rings. The molecule has 0 amide bonds. The molecule has 3 aromatic rings. The number of piperidine rings is 1. The monoisotopic (exact) mass is 292 g/mol. The van der Waals surface area contributed by atoms with Gasteiger partial charge in [0, 0.05) is 24.0 Å². The second-order valence-electron chi connectivity index (χ2n) is 6.18. The zero-order valence-electron chi connectivity index (χ0n) is 12.8. The lowest BCUT2D eigenvalue weighted by molar-refractivity contribution is 0.255. The zero-order chi connectivity index (χ0) is 14.9. The molecule has 0 N–H and O–H groups in total. The number of fused-ring (bicyclic) bond motifs is 1. The Morgan fingerprint density at radius 3 is 2.55 bits per heavy atom. The Labute approximate surface area is 130 Å². The molecule has 4 rings (SSSR count). The standard InChI is InChI=1S/C18H20N4/c1-21-10-7-16(8-11-21)14-2-4-15(5-3-14)17-12-19-18-6-9-20-22(18)13-17/h2-6,9,12-13,16H,7-8,10-11H2,1H3. The van der Waals surface area contributed by atoms with Crippen molar-refractivity contribution < 1.29 is 0 Å². The summed E-state index contributed by atoms with van der Waals surface area (Å²) in [5, 5.41) is 4.25. The topological polar surface area (TPSA) is 33.4 Å². The van der Waals surface area contributed by atoms with Crippen LogP contribution in [-0.2, 0) is 0 Å². The van der Waals surface area contributed by atoms with Gasteiger partial charge in [-0.05, 0) is 50.0 Å². The van der Waals surface area contributed by atoms with Crippen LogP contribution in [-0.4, -0.2) is 39.6 Å². The number of nitrogens with zero attached hydrogens (tertiary/aromatic N) is 4. The first-order valence-electron chi connectivity index (χ1n) is 7.88. The molecule has 4 heteroatoms. The van der Waals surface area contributed by atoms with Crippen LogP contribution >= 0.6 is 0 Å². The lowest BCUT2D eigenvalue weighted by Gasteiger charge is -2.29. The highest BCUT2D eigenvalue weighted by molar-refractivity contribution is 5.63. The molecule has 22 heavy (non-hydrogen) atoms. The third-order valence-corrected chi connectivity index (χ3v) is 4.68. The minimum absolute atomic E-state index is 0.706. The fourth-order valence-corrected chi connectivity index (χ4v) is 3.25. The van der Waals surface area contributed by atoms with Crippen molar-refractivity contribution in [1.82, 2.24) is 19.5 Å². The number of aromatic nitrogens is 3. The molecule has 2 aromatic heterocycles. The van der Waals surface area contributed by atoms with Crippen LogP contribution in [0.5, 0.6) is 0 Å². The molecule has 0 spiro atoms. The van der Waals surface area contributed by atoms with Crippen LogP contribution in [0, 0.1) is 0 Å². The molecule has 1 aromatic carbocycles. The lowest BCUT2D eigenvalue weighted by Crippen LogP contribution is -2.29. The first-order chi connectivity index (χ1) is 10.8. The summed E-state index contributed by atoms with van der Waals surface area (Å²) in [4.78, 5) is 6.85. The average Bonchev–Trinajstić information content (AvgIpc) is 3.03. The predicted molar refractivity (Wildman–Crippen MR) is 87.9 cm³/mol. The Hall–Kier alpha value is -2.20. The zero-order valence-corrected chi connectivity index (χ0v) is 12.8. The van der Waals surface area contributed by atoms with Gasteiger partial charge in [-0.15, -0.1) is 0 Å². The molecule has 0 saturated carbocycles. The van der Waals surface area contributed by atoms with Gasteiger partial charge in [0.05, 0.1) is 6.20 Å². The van der Waals surface area contributed by atoms with Crippen molar-refractivity contribution in [3.8, 4) is 11.1 Å². The SMILES string of the molecule is CN1CCC(c2ccc(-c3cnc4ccnn4c3)cc2)CC1. The average molecular weight is 292 g/mol. The fourth-order valence-electron chi connectivity index (χ4n) is 3.25. The summed E-state index contributed by atoms with van der Waals surface area (Å²) in [6.45, 7) is 2.40. The highest BCUT2D eigenvalue weighted by Crippen LogP contribution is 2.29. The summed E-state index contributed by atoms with van der Waals surface area (Å²) >= 11 is 0. The van der Waals surface area contributed by atoms with Crippen molar-refractivity contribution in [2.75, 3.05) is 20.1 Å². The molecule has 0 bridgehead atoms. The van der Waals surface area contributed by atoms with Gasteiger partial charge in [-0.1, -0.05) is 24.3 Å². The van der Waals surface area contributed by atoms with Crippen molar-refractivity contribution >= 4 is 5.65 Å². The Bertz CT molecular complexity index is 767. The Kier molecular flexibility index (Phi) is 3.39. The van der Waals surface area contributed by atoms with Crippen molar-refractivity contribution in [3.05, 3.63) is 54.5 Å². The molecular formula is C18H20N4. The van der Waals surface area contributed by atoms with E-state index in [0.717, 1.165) is 11.2 Å². The molecule has 0 atom stereocenters. The molecule has 1 aliphatic rings. The maximum Gasteiger partial charge on any atom is 0.154 e. The third kappa shape index (κ3) is 2.50. The predicted octanol–water partition coefficient (Wildman–Crippen LogP) is 3.21. The molecular weight excluding hydrogens is 272 g/mol.